The SMILES string of the molecule is CCOC(=O)C(CCCc1ccccc1)(CCCc1ccccc1)S(=O)(=O)c1ccc(OC)cc1. The van der Waals surface area contributed by atoms with Gasteiger partial charge in [-0.15, -0.1) is 0 Å². The van der Waals surface area contributed by atoms with Gasteiger partial charge in [-0.1, -0.05) is 60.7 Å². The van der Waals surface area contributed by atoms with Crippen molar-refractivity contribution in [3.05, 3.63) is 96.1 Å². The van der Waals surface area contributed by atoms with Gasteiger partial charge in [-0.05, 0) is 80.8 Å². The molecular formula is C29H34O5S. The first kappa shape index (κ1) is 26.5. The highest BCUT2D eigenvalue weighted by atomic mass is 32.2. The Morgan fingerprint density at radius 1 is 0.771 bits per heavy atom. The molecule has 35 heavy (non-hydrogen) atoms. The molecule has 3 aromatic carbocycles. The first-order valence-electron chi connectivity index (χ1n) is 12.1. The lowest BCUT2D eigenvalue weighted by Gasteiger charge is -2.31. The first-order valence-corrected chi connectivity index (χ1v) is 13.5. The lowest BCUT2D eigenvalue weighted by molar-refractivity contribution is -0.146. The maximum atomic E-state index is 14.1. The molecule has 0 aliphatic carbocycles. The van der Waals surface area contributed by atoms with Gasteiger partial charge in [-0.25, -0.2) is 8.42 Å². The topological polar surface area (TPSA) is 69.7 Å². The summed E-state index contributed by atoms with van der Waals surface area (Å²) in [6, 6.07) is 26.0. The number of rotatable bonds is 13. The Hall–Kier alpha value is -3.12. The molecule has 0 spiro atoms. The van der Waals surface area contributed by atoms with E-state index >= 15 is 0 Å². The summed E-state index contributed by atoms with van der Waals surface area (Å²) in [4.78, 5) is 13.6. The minimum Gasteiger partial charge on any atom is -0.497 e. The fourth-order valence-electron chi connectivity index (χ4n) is 4.40. The van der Waals surface area contributed by atoms with Crippen LogP contribution in [0.3, 0.4) is 0 Å². The number of aryl methyl sites for hydroxylation is 2. The van der Waals surface area contributed by atoms with Gasteiger partial charge in [0.05, 0.1) is 18.6 Å². The second-order valence-corrected chi connectivity index (χ2v) is 10.8. The number of ether oxygens (including phenoxy) is 2. The molecule has 5 nitrogen and oxygen atoms in total. The standard InChI is InChI=1S/C29H34O5S/c1-3-34-28(30)29(22-10-16-24-12-6-4-7-13-24,23-11-17-25-14-8-5-9-15-25)35(31,32)27-20-18-26(33-2)19-21-27/h4-9,12-15,18-21H,3,10-11,16-17,22-23H2,1-2H3. The third-order valence-electron chi connectivity index (χ3n) is 6.31. The molecule has 0 aliphatic rings. The number of esters is 1. The van der Waals surface area contributed by atoms with Crippen LogP contribution in [0.15, 0.2) is 89.8 Å². The van der Waals surface area contributed by atoms with Crippen molar-refractivity contribution in [2.75, 3.05) is 13.7 Å². The van der Waals surface area contributed by atoms with E-state index in [0.29, 0.717) is 31.4 Å². The second kappa shape index (κ2) is 12.5. The van der Waals surface area contributed by atoms with E-state index in [-0.39, 0.29) is 24.3 Å². The van der Waals surface area contributed by atoms with Gasteiger partial charge < -0.3 is 9.47 Å². The summed E-state index contributed by atoms with van der Waals surface area (Å²) in [5.41, 5.74) is 2.22. The molecule has 3 rings (SSSR count). The molecule has 3 aromatic rings. The summed E-state index contributed by atoms with van der Waals surface area (Å²) in [5, 5.41) is 0. The van der Waals surface area contributed by atoms with Crippen molar-refractivity contribution >= 4 is 15.8 Å². The maximum Gasteiger partial charge on any atom is 0.327 e. The molecule has 0 heterocycles. The smallest absolute Gasteiger partial charge is 0.327 e. The molecule has 0 atom stereocenters. The average Bonchev–Trinajstić information content (AvgIpc) is 2.89. The van der Waals surface area contributed by atoms with E-state index in [1.165, 1.54) is 19.2 Å². The molecule has 0 aromatic heterocycles. The highest BCUT2D eigenvalue weighted by Gasteiger charge is 2.51. The number of hydrogen-bond donors (Lipinski definition) is 0. The predicted octanol–water partition coefficient (Wildman–Crippen LogP) is 5.82. The van der Waals surface area contributed by atoms with E-state index in [2.05, 4.69) is 0 Å². The number of carbonyl (C=O) groups excluding carboxylic acids is 1. The molecule has 0 fully saturated rings. The van der Waals surface area contributed by atoms with Gasteiger partial charge in [-0.2, -0.15) is 0 Å². The Morgan fingerprint density at radius 2 is 1.26 bits per heavy atom. The zero-order valence-corrected chi connectivity index (χ0v) is 21.3. The van der Waals surface area contributed by atoms with E-state index < -0.39 is 20.6 Å². The highest BCUT2D eigenvalue weighted by molar-refractivity contribution is 7.93. The number of hydrogen-bond acceptors (Lipinski definition) is 5. The molecule has 6 heteroatoms. The first-order chi connectivity index (χ1) is 16.9. The van der Waals surface area contributed by atoms with Crippen LogP contribution in [0.1, 0.15) is 43.7 Å². The third kappa shape index (κ3) is 6.51. The Kier molecular flexibility index (Phi) is 9.49. The number of benzene rings is 3. The maximum absolute atomic E-state index is 14.1. The van der Waals surface area contributed by atoms with Crippen molar-refractivity contribution in [3.63, 3.8) is 0 Å². The Bertz CT molecular complexity index is 1110. The summed E-state index contributed by atoms with van der Waals surface area (Å²) in [7, 11) is -2.52. The van der Waals surface area contributed by atoms with Gasteiger partial charge in [0.2, 0.25) is 0 Å². The Labute approximate surface area is 209 Å². The normalized spacial score (nSPS) is 11.7. The zero-order valence-electron chi connectivity index (χ0n) is 20.5. The predicted molar refractivity (Wildman–Crippen MR) is 138 cm³/mol. The van der Waals surface area contributed by atoms with Crippen molar-refractivity contribution in [2.45, 2.75) is 55.1 Å². The van der Waals surface area contributed by atoms with E-state index in [4.69, 9.17) is 9.47 Å². The van der Waals surface area contributed by atoms with Gasteiger partial charge in [-0.3, -0.25) is 4.79 Å². The van der Waals surface area contributed by atoms with Crippen LogP contribution in [0, 0.1) is 0 Å². The summed E-state index contributed by atoms with van der Waals surface area (Å²) in [6.07, 6.45) is 2.82. The van der Waals surface area contributed by atoms with Crippen LogP contribution < -0.4 is 4.74 Å². The lowest BCUT2D eigenvalue weighted by Crippen LogP contribution is -2.48. The van der Waals surface area contributed by atoms with Gasteiger partial charge in [0.1, 0.15) is 5.75 Å². The van der Waals surface area contributed by atoms with E-state index in [9.17, 15) is 13.2 Å². The minimum atomic E-state index is -4.05. The van der Waals surface area contributed by atoms with Gasteiger partial charge in [0, 0.05) is 0 Å². The summed E-state index contributed by atoms with van der Waals surface area (Å²) in [5.74, 6) is -0.115. The number of methoxy groups -OCH3 is 1. The summed E-state index contributed by atoms with van der Waals surface area (Å²) in [6.45, 7) is 1.83. The average molecular weight is 495 g/mol. The van der Waals surface area contributed by atoms with Crippen LogP contribution in [-0.4, -0.2) is 32.9 Å². The summed E-state index contributed by atoms with van der Waals surface area (Å²) < 4.78 is 37.2. The molecule has 0 radical (unpaired) electrons. The van der Waals surface area contributed by atoms with Gasteiger partial charge in [0.15, 0.2) is 14.6 Å². The van der Waals surface area contributed by atoms with E-state index in [1.54, 1.807) is 19.1 Å². The zero-order chi connectivity index (χ0) is 25.2. The number of carbonyl (C=O) groups is 1. The Morgan fingerprint density at radius 3 is 1.69 bits per heavy atom. The largest absolute Gasteiger partial charge is 0.497 e. The van der Waals surface area contributed by atoms with E-state index in [1.807, 2.05) is 60.7 Å². The minimum absolute atomic E-state index is 0.103. The molecule has 0 bridgehead atoms. The van der Waals surface area contributed by atoms with Crippen molar-refractivity contribution < 1.29 is 22.7 Å². The van der Waals surface area contributed by atoms with Gasteiger partial charge in [0.25, 0.3) is 0 Å². The molecule has 0 aliphatic heterocycles. The van der Waals surface area contributed by atoms with Crippen molar-refractivity contribution in [2.24, 2.45) is 0 Å². The van der Waals surface area contributed by atoms with Crippen LogP contribution in [0.25, 0.3) is 0 Å². The van der Waals surface area contributed by atoms with E-state index in [0.717, 1.165) is 11.1 Å². The monoisotopic (exact) mass is 494 g/mol. The second-order valence-electron chi connectivity index (χ2n) is 8.57. The molecule has 186 valence electrons. The molecule has 0 unspecified atom stereocenters. The molecule has 0 N–H and O–H groups in total. The fraction of sp³-hybridized carbons (Fsp3) is 0.345. The van der Waals surface area contributed by atoms with Crippen molar-refractivity contribution in [1.82, 2.24) is 0 Å². The molecule has 0 saturated heterocycles. The molecule has 0 amide bonds. The number of sulfone groups is 1. The van der Waals surface area contributed by atoms with Gasteiger partial charge >= 0.3 is 5.97 Å². The highest BCUT2D eigenvalue weighted by Crippen LogP contribution is 2.37. The van der Waals surface area contributed by atoms with Crippen LogP contribution in [0.2, 0.25) is 0 Å². The van der Waals surface area contributed by atoms with Crippen molar-refractivity contribution in [3.8, 4) is 5.75 Å². The quantitative estimate of drug-likeness (QED) is 0.280. The van der Waals surface area contributed by atoms with Crippen LogP contribution in [-0.2, 0) is 32.2 Å². The van der Waals surface area contributed by atoms with Crippen LogP contribution >= 0.6 is 0 Å². The Balaban J connectivity index is 1.95. The third-order valence-corrected chi connectivity index (χ3v) is 8.81. The lowest BCUT2D eigenvalue weighted by atomic mass is 9.92. The fourth-order valence-corrected chi connectivity index (χ4v) is 6.45. The molecular weight excluding hydrogens is 460 g/mol. The van der Waals surface area contributed by atoms with Crippen LogP contribution in [0.5, 0.6) is 5.75 Å². The summed E-state index contributed by atoms with van der Waals surface area (Å²) >= 11 is 0. The van der Waals surface area contributed by atoms with Crippen molar-refractivity contribution in [1.29, 1.82) is 0 Å². The van der Waals surface area contributed by atoms with Crippen LogP contribution in [0.4, 0.5) is 0 Å². The molecule has 0 saturated carbocycles.